The lowest BCUT2D eigenvalue weighted by molar-refractivity contribution is -0.142. The van der Waals surface area contributed by atoms with E-state index in [2.05, 4.69) is 31.1 Å². The van der Waals surface area contributed by atoms with Gasteiger partial charge in [-0.15, -0.1) is 11.3 Å². The number of ether oxygens (including phenoxy) is 1. The largest absolute Gasteiger partial charge is 0.466 e. The first-order chi connectivity index (χ1) is 8.43. The molecule has 1 rings (SSSR count). The molecule has 0 fully saturated rings. The number of aromatic nitrogens is 1. The first kappa shape index (κ1) is 15.1. The van der Waals surface area contributed by atoms with Crippen molar-refractivity contribution in [3.05, 3.63) is 16.1 Å². The highest BCUT2D eigenvalue weighted by molar-refractivity contribution is 7.11. The van der Waals surface area contributed by atoms with Crippen molar-refractivity contribution in [2.75, 3.05) is 13.2 Å². The van der Waals surface area contributed by atoms with E-state index in [1.54, 1.807) is 11.3 Å². The number of thiazole rings is 1. The molecule has 0 saturated heterocycles. The lowest BCUT2D eigenvalue weighted by Crippen LogP contribution is -2.18. The minimum Gasteiger partial charge on any atom is -0.466 e. The summed E-state index contributed by atoms with van der Waals surface area (Å²) in [5.74, 6) is -0.148. The van der Waals surface area contributed by atoms with Gasteiger partial charge in [-0.2, -0.15) is 0 Å². The molecule has 1 heterocycles. The summed E-state index contributed by atoms with van der Waals surface area (Å²) in [7, 11) is 0. The lowest BCUT2D eigenvalue weighted by atomic mass is 9.98. The van der Waals surface area contributed by atoms with Crippen LogP contribution in [0.3, 0.4) is 0 Å². The Bertz CT molecular complexity index is 383. The Morgan fingerprint density at radius 1 is 1.50 bits per heavy atom. The van der Waals surface area contributed by atoms with Gasteiger partial charge >= 0.3 is 5.97 Å². The Kier molecular flexibility index (Phi) is 5.75. The summed E-state index contributed by atoms with van der Waals surface area (Å²) >= 11 is 1.72. The van der Waals surface area contributed by atoms with Crippen LogP contribution < -0.4 is 5.32 Å². The molecule has 18 heavy (non-hydrogen) atoms. The number of hydrogen-bond acceptors (Lipinski definition) is 5. The second-order valence-electron chi connectivity index (χ2n) is 5.11. The van der Waals surface area contributed by atoms with E-state index in [-0.39, 0.29) is 11.4 Å². The van der Waals surface area contributed by atoms with Crippen LogP contribution in [0.4, 0.5) is 0 Å². The Morgan fingerprint density at radius 2 is 2.22 bits per heavy atom. The summed E-state index contributed by atoms with van der Waals surface area (Å²) in [6.07, 6.45) is 2.32. The number of carbonyl (C=O) groups excluding carboxylic acids is 1. The number of esters is 1. The van der Waals surface area contributed by atoms with E-state index in [0.717, 1.165) is 11.6 Å². The third-order valence-electron chi connectivity index (χ3n) is 2.31. The van der Waals surface area contributed by atoms with Crippen LogP contribution in [0.25, 0.3) is 0 Å². The van der Waals surface area contributed by atoms with Crippen molar-refractivity contribution in [2.24, 2.45) is 0 Å². The zero-order valence-corrected chi connectivity index (χ0v) is 12.4. The summed E-state index contributed by atoms with van der Waals surface area (Å²) in [6.45, 7) is 10.1. The number of nitrogens with one attached hydrogen (secondary N) is 1. The highest BCUT2D eigenvalue weighted by Gasteiger charge is 2.17. The minimum absolute atomic E-state index is 0.105. The van der Waals surface area contributed by atoms with Crippen molar-refractivity contribution in [2.45, 2.75) is 46.1 Å². The average Bonchev–Trinajstić information content (AvgIpc) is 2.73. The number of carbonyl (C=O) groups is 1. The Labute approximate surface area is 113 Å². The van der Waals surface area contributed by atoms with Gasteiger partial charge in [-0.25, -0.2) is 4.98 Å². The van der Waals surface area contributed by atoms with E-state index < -0.39 is 0 Å². The SMILES string of the molecule is CCOC(=O)CCNCc1cnc(C(C)(C)C)s1. The highest BCUT2D eigenvalue weighted by atomic mass is 32.1. The molecule has 0 amide bonds. The minimum atomic E-state index is -0.148. The molecule has 5 heteroatoms. The third-order valence-corrected chi connectivity index (χ3v) is 3.73. The molecule has 0 spiro atoms. The molecular formula is C13H22N2O2S. The molecule has 0 unspecified atom stereocenters. The molecule has 102 valence electrons. The fourth-order valence-electron chi connectivity index (χ4n) is 1.37. The van der Waals surface area contributed by atoms with E-state index >= 15 is 0 Å². The molecule has 0 bridgehead atoms. The van der Waals surface area contributed by atoms with Crippen LogP contribution in [0.5, 0.6) is 0 Å². The number of rotatable bonds is 6. The van der Waals surface area contributed by atoms with Crippen LogP contribution in [-0.2, 0) is 21.5 Å². The Balaban J connectivity index is 2.28. The van der Waals surface area contributed by atoms with Crippen molar-refractivity contribution in [1.29, 1.82) is 0 Å². The van der Waals surface area contributed by atoms with Crippen LogP contribution >= 0.6 is 11.3 Å². The van der Waals surface area contributed by atoms with Crippen LogP contribution in [0.1, 0.15) is 44.0 Å². The molecular weight excluding hydrogens is 248 g/mol. The maximum atomic E-state index is 11.1. The van der Waals surface area contributed by atoms with Gasteiger partial charge in [-0.3, -0.25) is 4.79 Å². The molecule has 1 aromatic rings. The average molecular weight is 270 g/mol. The molecule has 0 aromatic carbocycles. The number of hydrogen-bond donors (Lipinski definition) is 1. The van der Waals surface area contributed by atoms with E-state index in [1.165, 1.54) is 4.88 Å². The van der Waals surface area contributed by atoms with Gasteiger partial charge in [0.2, 0.25) is 0 Å². The first-order valence-electron chi connectivity index (χ1n) is 6.25. The lowest BCUT2D eigenvalue weighted by Gasteiger charge is -2.13. The van der Waals surface area contributed by atoms with Gasteiger partial charge in [0.15, 0.2) is 0 Å². The first-order valence-corrected chi connectivity index (χ1v) is 7.06. The van der Waals surface area contributed by atoms with E-state index in [9.17, 15) is 4.79 Å². The van der Waals surface area contributed by atoms with E-state index in [1.807, 2.05) is 13.1 Å². The zero-order valence-electron chi connectivity index (χ0n) is 11.6. The predicted molar refractivity (Wildman–Crippen MR) is 73.8 cm³/mol. The monoisotopic (exact) mass is 270 g/mol. The summed E-state index contributed by atoms with van der Waals surface area (Å²) in [4.78, 5) is 16.7. The van der Waals surface area contributed by atoms with E-state index in [4.69, 9.17) is 4.74 Å². The smallest absolute Gasteiger partial charge is 0.307 e. The molecule has 0 aliphatic rings. The van der Waals surface area contributed by atoms with Gasteiger partial charge in [-0.05, 0) is 6.92 Å². The molecule has 0 atom stereocenters. The maximum Gasteiger partial charge on any atom is 0.307 e. The summed E-state index contributed by atoms with van der Waals surface area (Å²) in [5.41, 5.74) is 0.105. The van der Waals surface area contributed by atoms with Crippen molar-refractivity contribution < 1.29 is 9.53 Å². The maximum absolute atomic E-state index is 11.1. The number of nitrogens with zero attached hydrogens (tertiary/aromatic N) is 1. The van der Waals surface area contributed by atoms with Gasteiger partial charge in [0, 0.05) is 29.6 Å². The Hall–Kier alpha value is -0.940. The fourth-order valence-corrected chi connectivity index (χ4v) is 2.31. The van der Waals surface area contributed by atoms with Crippen LogP contribution in [-0.4, -0.2) is 24.1 Å². The third kappa shape index (κ3) is 5.14. The summed E-state index contributed by atoms with van der Waals surface area (Å²) in [6, 6.07) is 0. The van der Waals surface area contributed by atoms with Gasteiger partial charge < -0.3 is 10.1 Å². The molecule has 1 N–H and O–H groups in total. The van der Waals surface area contributed by atoms with Crippen LogP contribution in [0.15, 0.2) is 6.20 Å². The topological polar surface area (TPSA) is 51.2 Å². The van der Waals surface area contributed by atoms with Gasteiger partial charge in [0.25, 0.3) is 0 Å². The zero-order chi connectivity index (χ0) is 13.6. The second kappa shape index (κ2) is 6.85. The molecule has 0 aliphatic carbocycles. The highest BCUT2D eigenvalue weighted by Crippen LogP contribution is 2.26. The second-order valence-corrected chi connectivity index (χ2v) is 6.23. The normalized spacial score (nSPS) is 11.6. The van der Waals surface area contributed by atoms with Gasteiger partial charge in [-0.1, -0.05) is 20.8 Å². The van der Waals surface area contributed by atoms with E-state index in [0.29, 0.717) is 19.6 Å². The molecule has 0 aliphatic heterocycles. The quantitative estimate of drug-likeness (QED) is 0.637. The van der Waals surface area contributed by atoms with Crippen molar-refractivity contribution in [3.63, 3.8) is 0 Å². The molecule has 0 saturated carbocycles. The van der Waals surface area contributed by atoms with Gasteiger partial charge in [0.05, 0.1) is 18.0 Å². The van der Waals surface area contributed by atoms with Gasteiger partial charge in [0.1, 0.15) is 0 Å². The van der Waals surface area contributed by atoms with Crippen LogP contribution in [0.2, 0.25) is 0 Å². The fraction of sp³-hybridized carbons (Fsp3) is 0.692. The molecule has 4 nitrogen and oxygen atoms in total. The van der Waals surface area contributed by atoms with Crippen molar-refractivity contribution in [3.8, 4) is 0 Å². The Morgan fingerprint density at radius 3 is 2.78 bits per heavy atom. The molecule has 0 radical (unpaired) electrons. The van der Waals surface area contributed by atoms with Crippen molar-refractivity contribution >= 4 is 17.3 Å². The summed E-state index contributed by atoms with van der Waals surface area (Å²) < 4.78 is 4.85. The standard InChI is InChI=1S/C13H22N2O2S/c1-5-17-11(16)6-7-14-8-10-9-15-12(18-10)13(2,3)4/h9,14H,5-8H2,1-4H3. The van der Waals surface area contributed by atoms with Crippen LogP contribution in [0, 0.1) is 0 Å². The molecule has 1 aromatic heterocycles. The summed E-state index contributed by atoms with van der Waals surface area (Å²) in [5, 5.41) is 4.37. The predicted octanol–water partition coefficient (Wildman–Crippen LogP) is 2.48. The van der Waals surface area contributed by atoms with Crippen molar-refractivity contribution in [1.82, 2.24) is 10.3 Å².